The van der Waals surface area contributed by atoms with E-state index in [0.29, 0.717) is 9.87 Å². The SMILES string of the molecule is CC(O)c1ccc(S(=O)(=O)N(CC(F)(F)F)C(C)C)cc1. The molecule has 1 aromatic carbocycles. The molecule has 0 aliphatic rings. The van der Waals surface area contributed by atoms with Gasteiger partial charge in [-0.25, -0.2) is 8.42 Å². The molecule has 120 valence electrons. The second-order valence-corrected chi connectivity index (χ2v) is 6.89. The number of aliphatic hydroxyl groups is 1. The third-order valence-electron chi connectivity index (χ3n) is 2.88. The van der Waals surface area contributed by atoms with Crippen molar-refractivity contribution in [3.8, 4) is 0 Å². The van der Waals surface area contributed by atoms with Crippen LogP contribution in [0.2, 0.25) is 0 Å². The normalized spacial score (nSPS) is 14.7. The molecule has 0 aliphatic carbocycles. The summed E-state index contributed by atoms with van der Waals surface area (Å²) in [5.74, 6) is 0. The monoisotopic (exact) mass is 325 g/mol. The van der Waals surface area contributed by atoms with Gasteiger partial charge in [-0.2, -0.15) is 17.5 Å². The molecule has 0 aromatic heterocycles. The topological polar surface area (TPSA) is 57.6 Å². The fraction of sp³-hybridized carbons (Fsp3) is 0.538. The number of aliphatic hydroxyl groups excluding tert-OH is 1. The van der Waals surface area contributed by atoms with E-state index in [2.05, 4.69) is 0 Å². The number of sulfonamides is 1. The molecule has 1 rings (SSSR count). The van der Waals surface area contributed by atoms with Gasteiger partial charge in [-0.1, -0.05) is 12.1 Å². The van der Waals surface area contributed by atoms with Crippen LogP contribution >= 0.6 is 0 Å². The molecular weight excluding hydrogens is 307 g/mol. The van der Waals surface area contributed by atoms with Crippen LogP contribution in [0.15, 0.2) is 29.2 Å². The highest BCUT2D eigenvalue weighted by molar-refractivity contribution is 7.89. The molecule has 0 spiro atoms. The van der Waals surface area contributed by atoms with Gasteiger partial charge in [0.25, 0.3) is 0 Å². The van der Waals surface area contributed by atoms with Crippen LogP contribution < -0.4 is 0 Å². The number of halogens is 3. The predicted octanol–water partition coefficient (Wildman–Crippen LogP) is 2.70. The lowest BCUT2D eigenvalue weighted by atomic mass is 10.1. The second kappa shape index (κ2) is 6.33. The van der Waals surface area contributed by atoms with Crippen LogP contribution in [0.25, 0.3) is 0 Å². The molecule has 0 amide bonds. The smallest absolute Gasteiger partial charge is 0.389 e. The van der Waals surface area contributed by atoms with Crippen LogP contribution in [0.5, 0.6) is 0 Å². The Kier molecular flexibility index (Phi) is 5.40. The maximum absolute atomic E-state index is 12.5. The minimum absolute atomic E-state index is 0.232. The van der Waals surface area contributed by atoms with E-state index in [1.165, 1.54) is 45.0 Å². The first-order chi connectivity index (χ1) is 9.45. The lowest BCUT2D eigenvalue weighted by molar-refractivity contribution is -0.138. The molecule has 1 unspecified atom stereocenters. The molecule has 0 aliphatic heterocycles. The fourth-order valence-electron chi connectivity index (χ4n) is 1.78. The molecule has 0 heterocycles. The molecule has 21 heavy (non-hydrogen) atoms. The quantitative estimate of drug-likeness (QED) is 0.905. The average Bonchev–Trinajstić information content (AvgIpc) is 2.34. The van der Waals surface area contributed by atoms with Gasteiger partial charge in [0.2, 0.25) is 10.0 Å². The van der Waals surface area contributed by atoms with Crippen LogP contribution in [0, 0.1) is 0 Å². The fourth-order valence-corrected chi connectivity index (χ4v) is 3.40. The summed E-state index contributed by atoms with van der Waals surface area (Å²) >= 11 is 0. The van der Waals surface area contributed by atoms with Gasteiger partial charge in [0.15, 0.2) is 0 Å². The highest BCUT2D eigenvalue weighted by Crippen LogP contribution is 2.25. The van der Waals surface area contributed by atoms with E-state index in [1.807, 2.05) is 0 Å². The summed E-state index contributed by atoms with van der Waals surface area (Å²) in [6.07, 6.45) is -5.39. The summed E-state index contributed by atoms with van der Waals surface area (Å²) in [6.45, 7) is 2.74. The van der Waals surface area contributed by atoms with E-state index < -0.39 is 34.9 Å². The first-order valence-electron chi connectivity index (χ1n) is 6.32. The van der Waals surface area contributed by atoms with Crippen molar-refractivity contribution in [1.82, 2.24) is 4.31 Å². The van der Waals surface area contributed by atoms with Crippen LogP contribution in [-0.4, -0.2) is 36.6 Å². The first-order valence-corrected chi connectivity index (χ1v) is 7.76. The Hall–Kier alpha value is -1.12. The zero-order valence-electron chi connectivity index (χ0n) is 11.9. The number of nitrogens with zero attached hydrogens (tertiary/aromatic N) is 1. The number of hydrogen-bond donors (Lipinski definition) is 1. The maximum Gasteiger partial charge on any atom is 0.402 e. The van der Waals surface area contributed by atoms with Gasteiger partial charge in [-0.05, 0) is 38.5 Å². The van der Waals surface area contributed by atoms with Gasteiger partial charge in [-0.3, -0.25) is 0 Å². The summed E-state index contributed by atoms with van der Waals surface area (Å²) in [5.41, 5.74) is 0.487. The van der Waals surface area contributed by atoms with E-state index in [1.54, 1.807) is 0 Å². The number of rotatable bonds is 5. The molecule has 1 aromatic rings. The van der Waals surface area contributed by atoms with Crippen LogP contribution in [0.4, 0.5) is 13.2 Å². The molecule has 1 N–H and O–H groups in total. The van der Waals surface area contributed by atoms with Crippen molar-refractivity contribution < 1.29 is 26.7 Å². The Bertz CT molecular complexity index is 565. The second-order valence-electron chi connectivity index (χ2n) is 5.00. The van der Waals surface area contributed by atoms with Gasteiger partial charge < -0.3 is 5.11 Å². The number of hydrogen-bond acceptors (Lipinski definition) is 3. The Morgan fingerprint density at radius 3 is 1.95 bits per heavy atom. The third kappa shape index (κ3) is 4.69. The van der Waals surface area contributed by atoms with Crippen molar-refractivity contribution in [2.75, 3.05) is 6.54 Å². The first kappa shape index (κ1) is 17.9. The minimum atomic E-state index is -4.61. The van der Waals surface area contributed by atoms with Gasteiger partial charge >= 0.3 is 6.18 Å². The van der Waals surface area contributed by atoms with Crippen molar-refractivity contribution in [2.24, 2.45) is 0 Å². The number of benzene rings is 1. The molecule has 0 saturated carbocycles. The van der Waals surface area contributed by atoms with E-state index in [9.17, 15) is 26.7 Å². The molecule has 0 fully saturated rings. The Labute approximate surface area is 122 Å². The van der Waals surface area contributed by atoms with Crippen molar-refractivity contribution in [1.29, 1.82) is 0 Å². The van der Waals surface area contributed by atoms with E-state index in [0.717, 1.165) is 0 Å². The zero-order valence-corrected chi connectivity index (χ0v) is 12.7. The van der Waals surface area contributed by atoms with Gasteiger partial charge in [-0.15, -0.1) is 0 Å². The molecule has 0 saturated heterocycles. The standard InChI is InChI=1S/C13H18F3NO3S/c1-9(2)17(8-13(14,15)16)21(19,20)12-6-4-11(5-7-12)10(3)18/h4-7,9-10,18H,8H2,1-3H3. The Balaban J connectivity index is 3.17. The molecule has 0 radical (unpaired) electrons. The highest BCUT2D eigenvalue weighted by Gasteiger charge is 2.38. The zero-order chi connectivity index (χ0) is 16.4. The minimum Gasteiger partial charge on any atom is -0.389 e. The largest absolute Gasteiger partial charge is 0.402 e. The highest BCUT2D eigenvalue weighted by atomic mass is 32.2. The molecule has 0 bridgehead atoms. The van der Waals surface area contributed by atoms with Crippen LogP contribution in [0.1, 0.15) is 32.4 Å². The summed E-state index contributed by atoms with van der Waals surface area (Å²) in [5, 5.41) is 9.36. The van der Waals surface area contributed by atoms with Crippen LogP contribution in [-0.2, 0) is 10.0 Å². The van der Waals surface area contributed by atoms with E-state index >= 15 is 0 Å². The lowest BCUT2D eigenvalue weighted by Gasteiger charge is -2.26. The Morgan fingerprint density at radius 1 is 1.14 bits per heavy atom. The van der Waals surface area contributed by atoms with E-state index in [-0.39, 0.29) is 4.90 Å². The lowest BCUT2D eigenvalue weighted by Crippen LogP contribution is -2.43. The van der Waals surface area contributed by atoms with E-state index in [4.69, 9.17) is 0 Å². The van der Waals surface area contributed by atoms with Crippen molar-refractivity contribution >= 4 is 10.0 Å². The Morgan fingerprint density at radius 2 is 1.62 bits per heavy atom. The maximum atomic E-state index is 12.5. The molecular formula is C13H18F3NO3S. The van der Waals surface area contributed by atoms with Crippen LogP contribution in [0.3, 0.4) is 0 Å². The summed E-state index contributed by atoms with van der Waals surface area (Å²) < 4.78 is 62.6. The summed E-state index contributed by atoms with van der Waals surface area (Å²) in [6, 6.07) is 4.33. The average molecular weight is 325 g/mol. The van der Waals surface area contributed by atoms with Gasteiger partial charge in [0.1, 0.15) is 6.54 Å². The predicted molar refractivity (Wildman–Crippen MR) is 72.2 cm³/mol. The molecule has 1 atom stereocenters. The van der Waals surface area contributed by atoms with Gasteiger partial charge in [0, 0.05) is 6.04 Å². The summed E-state index contributed by atoms with van der Waals surface area (Å²) in [4.78, 5) is -0.232. The van der Waals surface area contributed by atoms with Crippen molar-refractivity contribution in [3.63, 3.8) is 0 Å². The molecule has 8 heteroatoms. The number of alkyl halides is 3. The molecule has 4 nitrogen and oxygen atoms in total. The van der Waals surface area contributed by atoms with Crippen molar-refractivity contribution in [2.45, 2.75) is 44.0 Å². The van der Waals surface area contributed by atoms with Gasteiger partial charge in [0.05, 0.1) is 11.0 Å². The van der Waals surface area contributed by atoms with Crippen molar-refractivity contribution in [3.05, 3.63) is 29.8 Å². The summed E-state index contributed by atoms with van der Waals surface area (Å²) in [7, 11) is -4.24. The third-order valence-corrected chi connectivity index (χ3v) is 4.92.